The molecule has 84 valence electrons. The van der Waals surface area contributed by atoms with Crippen molar-refractivity contribution in [1.82, 2.24) is 15.0 Å². The Morgan fingerprint density at radius 3 is 2.82 bits per heavy atom. The standard InChI is InChI=1S/C12H8BrN3O/c1-6-4-9(17)7-5-8-12(15-3-2-14-8)10(13)11(7)16-6/h2-5H,1H3,(H,16,17). The lowest BCUT2D eigenvalue weighted by molar-refractivity contribution is 1.23. The second kappa shape index (κ2) is 3.63. The summed E-state index contributed by atoms with van der Waals surface area (Å²) in [6, 6.07) is 3.34. The number of fused-ring (bicyclic) bond motifs is 2. The molecule has 1 N–H and O–H groups in total. The summed E-state index contributed by atoms with van der Waals surface area (Å²) < 4.78 is 0.777. The lowest BCUT2D eigenvalue weighted by Gasteiger charge is -2.05. The number of benzene rings is 1. The maximum Gasteiger partial charge on any atom is 0.189 e. The molecule has 4 nitrogen and oxygen atoms in total. The van der Waals surface area contributed by atoms with E-state index in [-0.39, 0.29) is 5.43 Å². The van der Waals surface area contributed by atoms with E-state index in [1.807, 2.05) is 6.92 Å². The average molecular weight is 290 g/mol. The summed E-state index contributed by atoms with van der Waals surface area (Å²) in [5.41, 5.74) is 3.04. The largest absolute Gasteiger partial charge is 0.357 e. The van der Waals surface area contributed by atoms with Gasteiger partial charge in [-0.1, -0.05) is 0 Å². The second-order valence-electron chi connectivity index (χ2n) is 3.85. The van der Waals surface area contributed by atoms with Crippen LogP contribution in [0.4, 0.5) is 0 Å². The molecular formula is C12H8BrN3O. The minimum Gasteiger partial charge on any atom is -0.357 e. The highest BCUT2D eigenvalue weighted by Gasteiger charge is 2.09. The maximum absolute atomic E-state index is 11.9. The van der Waals surface area contributed by atoms with Crippen LogP contribution in [0.3, 0.4) is 0 Å². The Bertz CT molecular complexity index is 795. The van der Waals surface area contributed by atoms with E-state index >= 15 is 0 Å². The van der Waals surface area contributed by atoms with Gasteiger partial charge in [-0.25, -0.2) is 0 Å². The Balaban J connectivity index is 2.64. The van der Waals surface area contributed by atoms with Crippen molar-refractivity contribution in [3.05, 3.63) is 44.9 Å². The van der Waals surface area contributed by atoms with Crippen LogP contribution < -0.4 is 5.43 Å². The van der Waals surface area contributed by atoms with Crippen LogP contribution in [0.15, 0.2) is 33.8 Å². The highest BCUT2D eigenvalue weighted by Crippen LogP contribution is 2.27. The molecule has 1 aromatic carbocycles. The zero-order valence-electron chi connectivity index (χ0n) is 8.99. The molecule has 5 heteroatoms. The molecule has 17 heavy (non-hydrogen) atoms. The van der Waals surface area contributed by atoms with Crippen LogP contribution in [0.5, 0.6) is 0 Å². The van der Waals surface area contributed by atoms with Gasteiger partial charge in [0.05, 0.1) is 15.5 Å². The van der Waals surface area contributed by atoms with Crippen molar-refractivity contribution in [3.8, 4) is 0 Å². The van der Waals surface area contributed by atoms with Crippen LogP contribution in [0.2, 0.25) is 0 Å². The number of hydrogen-bond acceptors (Lipinski definition) is 3. The van der Waals surface area contributed by atoms with E-state index in [0.717, 1.165) is 21.2 Å². The average Bonchev–Trinajstić information content (AvgIpc) is 2.31. The number of nitrogens with zero attached hydrogens (tertiary/aromatic N) is 2. The molecule has 3 aromatic rings. The molecule has 0 atom stereocenters. The number of H-pyrrole nitrogens is 1. The number of nitrogens with one attached hydrogen (secondary N) is 1. The molecule has 2 heterocycles. The van der Waals surface area contributed by atoms with Crippen LogP contribution in [-0.2, 0) is 0 Å². The summed E-state index contributed by atoms with van der Waals surface area (Å²) >= 11 is 3.48. The maximum atomic E-state index is 11.9. The Morgan fingerprint density at radius 1 is 1.24 bits per heavy atom. The number of aromatic amines is 1. The lowest BCUT2D eigenvalue weighted by Crippen LogP contribution is -2.04. The van der Waals surface area contributed by atoms with Crippen molar-refractivity contribution < 1.29 is 0 Å². The summed E-state index contributed by atoms with van der Waals surface area (Å²) in [6.07, 6.45) is 3.25. The highest BCUT2D eigenvalue weighted by molar-refractivity contribution is 9.10. The van der Waals surface area contributed by atoms with Gasteiger partial charge in [0.15, 0.2) is 5.43 Å². The topological polar surface area (TPSA) is 58.6 Å². The van der Waals surface area contributed by atoms with E-state index in [1.165, 1.54) is 0 Å². The van der Waals surface area contributed by atoms with Gasteiger partial charge in [-0.15, -0.1) is 0 Å². The molecule has 0 saturated carbocycles. The van der Waals surface area contributed by atoms with Crippen molar-refractivity contribution in [2.45, 2.75) is 6.92 Å². The third-order valence-corrected chi connectivity index (χ3v) is 3.41. The second-order valence-corrected chi connectivity index (χ2v) is 4.65. The summed E-state index contributed by atoms with van der Waals surface area (Å²) in [5.74, 6) is 0. The van der Waals surface area contributed by atoms with E-state index < -0.39 is 0 Å². The van der Waals surface area contributed by atoms with Gasteiger partial charge in [-0.2, -0.15) is 0 Å². The van der Waals surface area contributed by atoms with Gasteiger partial charge in [0.2, 0.25) is 0 Å². The van der Waals surface area contributed by atoms with Gasteiger partial charge in [-0.05, 0) is 28.9 Å². The first kappa shape index (κ1) is 10.4. The molecule has 0 bridgehead atoms. The van der Waals surface area contributed by atoms with Crippen LogP contribution in [0.25, 0.3) is 21.9 Å². The van der Waals surface area contributed by atoms with E-state index in [0.29, 0.717) is 10.9 Å². The number of aryl methyl sites for hydroxylation is 1. The number of aromatic nitrogens is 3. The molecule has 0 radical (unpaired) electrons. The summed E-state index contributed by atoms with van der Waals surface area (Å²) in [7, 11) is 0. The normalized spacial score (nSPS) is 11.2. The number of pyridine rings is 1. The predicted octanol–water partition coefficient (Wildman–Crippen LogP) is 2.54. The highest BCUT2D eigenvalue weighted by atomic mass is 79.9. The summed E-state index contributed by atoms with van der Waals surface area (Å²) in [5, 5.41) is 0.621. The zero-order chi connectivity index (χ0) is 12.0. The summed E-state index contributed by atoms with van der Waals surface area (Å²) in [6.45, 7) is 1.86. The van der Waals surface area contributed by atoms with Gasteiger partial charge >= 0.3 is 0 Å². The Kier molecular flexibility index (Phi) is 2.22. The van der Waals surface area contributed by atoms with Gasteiger partial charge in [0, 0.05) is 29.5 Å². The van der Waals surface area contributed by atoms with Crippen LogP contribution in [-0.4, -0.2) is 15.0 Å². The van der Waals surface area contributed by atoms with Gasteiger partial charge in [0.25, 0.3) is 0 Å². The molecule has 2 aromatic heterocycles. The lowest BCUT2D eigenvalue weighted by atomic mass is 10.1. The first-order chi connectivity index (χ1) is 8.16. The van der Waals surface area contributed by atoms with Gasteiger partial charge in [0.1, 0.15) is 5.52 Å². The fourth-order valence-corrected chi connectivity index (χ4v) is 2.51. The third kappa shape index (κ3) is 1.54. The molecular weight excluding hydrogens is 282 g/mol. The molecule has 0 aliphatic carbocycles. The van der Waals surface area contributed by atoms with Gasteiger partial charge in [-0.3, -0.25) is 14.8 Å². The quantitative estimate of drug-likeness (QED) is 0.647. The fraction of sp³-hybridized carbons (Fsp3) is 0.0833. The van der Waals surface area contributed by atoms with Crippen molar-refractivity contribution in [2.24, 2.45) is 0 Å². The van der Waals surface area contributed by atoms with Crippen LogP contribution in [0.1, 0.15) is 5.69 Å². The smallest absolute Gasteiger partial charge is 0.189 e. The number of hydrogen-bond donors (Lipinski definition) is 1. The van der Waals surface area contributed by atoms with Crippen molar-refractivity contribution in [1.29, 1.82) is 0 Å². The van der Waals surface area contributed by atoms with Crippen molar-refractivity contribution >= 4 is 37.9 Å². The van der Waals surface area contributed by atoms with E-state index in [1.54, 1.807) is 24.5 Å². The zero-order valence-corrected chi connectivity index (χ0v) is 10.6. The molecule has 0 unspecified atom stereocenters. The van der Waals surface area contributed by atoms with E-state index in [2.05, 4.69) is 30.9 Å². The molecule has 0 saturated heterocycles. The van der Waals surface area contributed by atoms with E-state index in [4.69, 9.17) is 0 Å². The number of halogens is 1. The van der Waals surface area contributed by atoms with Gasteiger partial charge < -0.3 is 4.98 Å². The Morgan fingerprint density at radius 2 is 2.00 bits per heavy atom. The summed E-state index contributed by atoms with van der Waals surface area (Å²) in [4.78, 5) is 23.6. The van der Waals surface area contributed by atoms with Crippen molar-refractivity contribution in [2.75, 3.05) is 0 Å². The first-order valence-corrected chi connectivity index (χ1v) is 5.89. The predicted molar refractivity (Wildman–Crippen MR) is 70.1 cm³/mol. The molecule has 3 rings (SSSR count). The minimum absolute atomic E-state index is 0.00972. The minimum atomic E-state index is -0.00972. The SMILES string of the molecule is Cc1cc(=O)c2cc3nccnc3c(Br)c2[nH]1. The number of rotatable bonds is 0. The molecule has 0 aliphatic heterocycles. The van der Waals surface area contributed by atoms with E-state index in [9.17, 15) is 4.79 Å². The monoisotopic (exact) mass is 289 g/mol. The molecule has 0 amide bonds. The van der Waals surface area contributed by atoms with Crippen LogP contribution in [0, 0.1) is 6.92 Å². The Labute approximate surface area is 105 Å². The van der Waals surface area contributed by atoms with Crippen LogP contribution >= 0.6 is 15.9 Å². The molecule has 0 fully saturated rings. The fourth-order valence-electron chi connectivity index (χ4n) is 1.89. The molecule has 0 aliphatic rings. The molecule has 0 spiro atoms. The Hall–Kier alpha value is -1.75. The first-order valence-electron chi connectivity index (χ1n) is 5.09. The third-order valence-electron chi connectivity index (χ3n) is 2.64. The van der Waals surface area contributed by atoms with Crippen molar-refractivity contribution in [3.63, 3.8) is 0 Å².